The molecular formula is C45H56ClN9S. The van der Waals surface area contributed by atoms with E-state index in [4.69, 9.17) is 16.6 Å². The van der Waals surface area contributed by atoms with Crippen molar-refractivity contribution in [2.24, 2.45) is 0 Å². The molecule has 4 aliphatic rings. The molecule has 294 valence electrons. The van der Waals surface area contributed by atoms with Crippen molar-refractivity contribution in [2.45, 2.75) is 63.8 Å². The number of anilines is 6. The second kappa shape index (κ2) is 17.5. The van der Waals surface area contributed by atoms with E-state index < -0.39 is 0 Å². The van der Waals surface area contributed by atoms with Crippen LogP contribution in [0, 0.1) is 0 Å². The van der Waals surface area contributed by atoms with Gasteiger partial charge >= 0.3 is 0 Å². The third kappa shape index (κ3) is 8.69. The average molecular weight is 791 g/mol. The van der Waals surface area contributed by atoms with E-state index in [9.17, 15) is 0 Å². The molecule has 1 aromatic heterocycles. The van der Waals surface area contributed by atoms with Crippen LogP contribution in [-0.4, -0.2) is 84.4 Å². The van der Waals surface area contributed by atoms with E-state index in [0.29, 0.717) is 28.7 Å². The van der Waals surface area contributed by atoms with Crippen molar-refractivity contribution in [3.05, 3.63) is 119 Å². The topological polar surface area (TPSA) is 74.8 Å². The molecular weight excluding hydrogens is 734 g/mol. The molecule has 3 fully saturated rings. The van der Waals surface area contributed by atoms with Crippen LogP contribution >= 0.6 is 23.5 Å². The Hall–Kier alpha value is -4.22. The normalized spacial score (nSPS) is 19.6. The molecule has 11 heteroatoms. The van der Waals surface area contributed by atoms with Crippen LogP contribution in [0.3, 0.4) is 0 Å². The van der Waals surface area contributed by atoms with Gasteiger partial charge in [-0.2, -0.15) is 4.98 Å². The average Bonchev–Trinajstić information content (AvgIpc) is 3.66. The number of para-hydroxylation sites is 1. The summed E-state index contributed by atoms with van der Waals surface area (Å²) in [5, 5.41) is 10.8. The van der Waals surface area contributed by atoms with Gasteiger partial charge in [0.05, 0.1) is 17.6 Å². The van der Waals surface area contributed by atoms with E-state index >= 15 is 0 Å². The van der Waals surface area contributed by atoms with Gasteiger partial charge in [-0.05, 0) is 105 Å². The van der Waals surface area contributed by atoms with Crippen molar-refractivity contribution >= 4 is 58.1 Å². The van der Waals surface area contributed by atoms with Crippen molar-refractivity contribution in [3.63, 3.8) is 0 Å². The number of hydrogen-bond donors (Lipinski definition) is 3. The lowest BCUT2D eigenvalue weighted by molar-refractivity contribution is 0.104. The minimum atomic E-state index is 0.384. The van der Waals surface area contributed by atoms with Crippen LogP contribution in [0.1, 0.15) is 60.8 Å². The minimum absolute atomic E-state index is 0.384. The highest BCUT2D eigenvalue weighted by molar-refractivity contribution is 8.00. The van der Waals surface area contributed by atoms with Crippen LogP contribution in [0.25, 0.3) is 0 Å². The third-order valence-corrected chi connectivity index (χ3v) is 13.3. The molecule has 0 spiro atoms. The molecule has 9 nitrogen and oxygen atoms in total. The summed E-state index contributed by atoms with van der Waals surface area (Å²) < 4.78 is 2.32. The highest BCUT2D eigenvalue weighted by Gasteiger charge is 2.28. The molecule has 4 aromatic rings. The molecule has 0 amide bonds. The quantitative estimate of drug-likeness (QED) is 0.121. The largest absolute Gasteiger partial charge is 0.369 e. The van der Waals surface area contributed by atoms with Crippen molar-refractivity contribution in [3.8, 4) is 0 Å². The van der Waals surface area contributed by atoms with Gasteiger partial charge in [-0.25, -0.2) is 4.98 Å². The number of nitrogens with one attached hydrogen (secondary N) is 3. The Morgan fingerprint density at radius 2 is 1.70 bits per heavy atom. The number of likely N-dealkylation sites (tertiary alicyclic amines) is 1. The predicted molar refractivity (Wildman–Crippen MR) is 237 cm³/mol. The maximum atomic E-state index is 6.61. The molecule has 1 unspecified atom stereocenters. The highest BCUT2D eigenvalue weighted by atomic mass is 35.5. The summed E-state index contributed by atoms with van der Waals surface area (Å²) in [6, 6.07) is 23.1. The molecule has 3 saturated heterocycles. The Bertz CT molecular complexity index is 2020. The molecule has 3 aromatic carbocycles. The van der Waals surface area contributed by atoms with Crippen LogP contribution in [0.5, 0.6) is 0 Å². The summed E-state index contributed by atoms with van der Waals surface area (Å²) in [5.74, 6) is 1.50. The molecule has 1 atom stereocenters. The Morgan fingerprint density at radius 1 is 0.893 bits per heavy atom. The smallest absolute Gasteiger partial charge is 0.229 e. The molecule has 0 aliphatic carbocycles. The van der Waals surface area contributed by atoms with Gasteiger partial charge < -0.3 is 30.1 Å². The Balaban J connectivity index is 0.809. The number of nitrogens with zero attached hydrogens (tertiary/aromatic N) is 6. The molecule has 3 N–H and O–H groups in total. The highest BCUT2D eigenvalue weighted by Crippen LogP contribution is 2.41. The predicted octanol–water partition coefficient (Wildman–Crippen LogP) is 9.14. The van der Waals surface area contributed by atoms with Gasteiger partial charge in [0, 0.05) is 80.3 Å². The van der Waals surface area contributed by atoms with Crippen molar-refractivity contribution in [1.82, 2.24) is 25.1 Å². The molecule has 4 aliphatic heterocycles. The minimum Gasteiger partial charge on any atom is -0.369 e. The number of piperidine rings is 2. The number of rotatable bonds is 12. The van der Waals surface area contributed by atoms with Gasteiger partial charge in [0.1, 0.15) is 5.02 Å². The molecule has 8 rings (SSSR count). The maximum Gasteiger partial charge on any atom is 0.229 e. The monoisotopic (exact) mass is 789 g/mol. The number of hydrogen-bond acceptors (Lipinski definition) is 10. The van der Waals surface area contributed by atoms with Crippen LogP contribution in [0.4, 0.5) is 34.5 Å². The maximum absolute atomic E-state index is 6.61. The molecule has 0 bridgehead atoms. The lowest BCUT2D eigenvalue weighted by atomic mass is 9.87. The molecule has 56 heavy (non-hydrogen) atoms. The summed E-state index contributed by atoms with van der Waals surface area (Å²) in [6.45, 7) is 19.4. The van der Waals surface area contributed by atoms with Gasteiger partial charge in [-0.15, -0.1) is 0 Å². The first-order valence-corrected chi connectivity index (χ1v) is 22.0. The number of aryl methyl sites for hydroxylation is 1. The van der Waals surface area contributed by atoms with Crippen LogP contribution in [-0.2, 0) is 19.3 Å². The van der Waals surface area contributed by atoms with Gasteiger partial charge in [-0.3, -0.25) is 4.90 Å². The number of allylic oxidation sites excluding steroid dienone is 2. The molecule has 5 heterocycles. The number of halogens is 1. The van der Waals surface area contributed by atoms with E-state index in [-0.39, 0.29) is 0 Å². The Kier molecular flexibility index (Phi) is 12.1. The van der Waals surface area contributed by atoms with E-state index in [0.717, 1.165) is 94.1 Å². The fourth-order valence-electron chi connectivity index (χ4n) is 8.95. The summed E-state index contributed by atoms with van der Waals surface area (Å²) in [4.78, 5) is 17.3. The summed E-state index contributed by atoms with van der Waals surface area (Å²) in [7, 11) is 0. The Morgan fingerprint density at radius 3 is 2.45 bits per heavy atom. The van der Waals surface area contributed by atoms with Crippen LogP contribution < -0.4 is 25.2 Å². The molecule has 0 radical (unpaired) electrons. The first-order valence-electron chi connectivity index (χ1n) is 20.4. The number of fused-ring (bicyclic) bond motifs is 1. The van der Waals surface area contributed by atoms with Crippen molar-refractivity contribution in [1.29, 1.82) is 0 Å². The number of aromatic nitrogens is 2. The Labute approximate surface area is 342 Å². The van der Waals surface area contributed by atoms with Gasteiger partial charge in [0.25, 0.3) is 0 Å². The zero-order chi connectivity index (χ0) is 38.6. The van der Waals surface area contributed by atoms with E-state index in [1.807, 2.05) is 0 Å². The van der Waals surface area contributed by atoms with Crippen LogP contribution in [0.15, 0.2) is 91.4 Å². The zero-order valence-corrected chi connectivity index (χ0v) is 34.6. The summed E-state index contributed by atoms with van der Waals surface area (Å²) >= 11 is 8.35. The van der Waals surface area contributed by atoms with Crippen molar-refractivity contribution < 1.29 is 0 Å². The lowest BCUT2D eigenvalue weighted by Gasteiger charge is -2.43. The fraction of sp³-hybridized carbons (Fsp3) is 0.422. The second-order valence-corrected chi connectivity index (χ2v) is 16.8. The van der Waals surface area contributed by atoms with Crippen molar-refractivity contribution in [2.75, 3.05) is 78.5 Å². The fourth-order valence-corrected chi connectivity index (χ4v) is 9.76. The first kappa shape index (κ1) is 38.6. The first-order chi connectivity index (χ1) is 27.3. The number of piperazine rings is 1. The van der Waals surface area contributed by atoms with Gasteiger partial charge in [0.15, 0.2) is 5.82 Å². The van der Waals surface area contributed by atoms with Crippen LogP contribution in [0.2, 0.25) is 5.02 Å². The standard InChI is InChI=1S/C45H56ClN9S/c1-5-34-29-38(14-16-41(34)50-45-47-30-40(46)44(51-45)49-42-8-6-7-36-18-24-55(56-4)43(36)42)54-27-25-53(26-28-54)37-19-22-52(23-20-37)21-17-33-10-12-35(13-11-33)39-15-9-31(2)48-32(39)3/h6-8,10-14,16,29-30,37,39,48H,2-3,5,9,15,17-28H2,1,4H3,(H2,47,49,50,51). The second-order valence-electron chi connectivity index (χ2n) is 15.6. The summed E-state index contributed by atoms with van der Waals surface area (Å²) in [5.41, 5.74) is 12.1. The van der Waals surface area contributed by atoms with Gasteiger partial charge in [-0.1, -0.05) is 80.0 Å². The third-order valence-electron chi connectivity index (χ3n) is 12.2. The summed E-state index contributed by atoms with van der Waals surface area (Å²) in [6.07, 6.45) is 11.5. The SMILES string of the molecule is C=C1CCC(c2ccc(CCN3CCC(N4CCN(c5ccc(Nc6ncc(Cl)c(Nc7cccc8c7N(SC)CC8)n6)c(CC)c5)CC4)CC3)cc2)C(=C)N1. The van der Waals surface area contributed by atoms with Gasteiger partial charge in [0.2, 0.25) is 5.95 Å². The number of benzene rings is 3. The zero-order valence-electron chi connectivity index (χ0n) is 33.0. The van der Waals surface area contributed by atoms with E-state index in [2.05, 4.69) is 127 Å². The van der Waals surface area contributed by atoms with E-state index in [1.54, 1.807) is 18.1 Å². The lowest BCUT2D eigenvalue weighted by Crippen LogP contribution is -2.53. The van der Waals surface area contributed by atoms with E-state index in [1.165, 1.54) is 59.6 Å². The molecule has 0 saturated carbocycles.